The summed E-state index contributed by atoms with van der Waals surface area (Å²) in [4.78, 5) is 4.01. The first kappa shape index (κ1) is 6.57. The number of nitrogens with one attached hydrogen (secondary N) is 1. The van der Waals surface area contributed by atoms with Gasteiger partial charge in [0.1, 0.15) is 0 Å². The number of fused-ring (bicyclic) bond motifs is 1. The van der Waals surface area contributed by atoms with Gasteiger partial charge in [0.05, 0.1) is 0 Å². The number of hydrogen-bond donors (Lipinski definition) is 2. The highest BCUT2D eigenvalue weighted by molar-refractivity contribution is 5.50. The van der Waals surface area contributed by atoms with Crippen molar-refractivity contribution in [3.8, 4) is 0 Å². The quantitative estimate of drug-likeness (QED) is 0.570. The fourth-order valence-electron chi connectivity index (χ4n) is 1.20. The Labute approximate surface area is 64.4 Å². The molecule has 11 heavy (non-hydrogen) atoms. The first-order valence-corrected chi connectivity index (χ1v) is 3.46. The van der Waals surface area contributed by atoms with Crippen LogP contribution in [0.15, 0.2) is 12.3 Å². The van der Waals surface area contributed by atoms with Gasteiger partial charge in [0, 0.05) is 18.3 Å². The number of hydrazine groups is 1. The highest BCUT2D eigenvalue weighted by atomic mass is 16.5. The van der Waals surface area contributed by atoms with Gasteiger partial charge in [-0.05, 0) is 18.6 Å². The fraction of sp³-hybridized carbons (Fsp3) is 0.286. The van der Waals surface area contributed by atoms with Crippen molar-refractivity contribution in [3.63, 3.8) is 0 Å². The zero-order valence-corrected chi connectivity index (χ0v) is 6.20. The van der Waals surface area contributed by atoms with Crippen LogP contribution >= 0.6 is 0 Å². The summed E-state index contributed by atoms with van der Waals surface area (Å²) >= 11 is 0. The highest BCUT2D eigenvalue weighted by Crippen LogP contribution is 2.22. The summed E-state index contributed by atoms with van der Waals surface area (Å²) in [5.74, 6) is 0.616. The van der Waals surface area contributed by atoms with Crippen molar-refractivity contribution in [1.29, 1.82) is 0 Å². The predicted octanol–water partition coefficient (Wildman–Crippen LogP) is 0.604. The van der Waals surface area contributed by atoms with Crippen molar-refractivity contribution in [1.82, 2.24) is 10.4 Å². The Balaban J connectivity index is 2.57. The first-order chi connectivity index (χ1) is 5.29. The second-order valence-electron chi connectivity index (χ2n) is 2.58. The molecule has 0 amide bonds. The van der Waals surface area contributed by atoms with Crippen LogP contribution in [0, 0.1) is 6.92 Å². The number of aryl methyl sites for hydroxylation is 1. The molecule has 0 saturated heterocycles. The summed E-state index contributed by atoms with van der Waals surface area (Å²) in [6.07, 6.45) is 1.68. The molecule has 1 aliphatic heterocycles. The lowest BCUT2D eigenvalue weighted by molar-refractivity contribution is 0.219. The van der Waals surface area contributed by atoms with E-state index in [1.807, 2.05) is 13.0 Å². The Kier molecular flexibility index (Phi) is 1.30. The fourth-order valence-corrected chi connectivity index (χ4v) is 1.20. The third kappa shape index (κ3) is 0.875. The minimum absolute atomic E-state index is 0.616. The van der Waals surface area contributed by atoms with E-state index >= 15 is 0 Å². The van der Waals surface area contributed by atoms with Crippen LogP contribution in [0.4, 0.5) is 5.82 Å². The van der Waals surface area contributed by atoms with E-state index in [9.17, 15) is 0 Å². The second-order valence-corrected chi connectivity index (χ2v) is 2.58. The maximum atomic E-state index is 9.17. The van der Waals surface area contributed by atoms with Gasteiger partial charge in [0.25, 0.3) is 0 Å². The van der Waals surface area contributed by atoms with Gasteiger partial charge in [-0.2, -0.15) is 5.17 Å². The highest BCUT2D eigenvalue weighted by Gasteiger charge is 2.19. The Bertz CT molecular complexity index is 287. The predicted molar refractivity (Wildman–Crippen MR) is 40.1 cm³/mol. The molecule has 58 valence electrons. The van der Waals surface area contributed by atoms with Crippen LogP contribution in [0.25, 0.3) is 0 Å². The zero-order chi connectivity index (χ0) is 7.84. The molecule has 2 heterocycles. The summed E-state index contributed by atoms with van der Waals surface area (Å²) in [5.41, 5.74) is 4.97. The van der Waals surface area contributed by atoms with Gasteiger partial charge in [-0.25, -0.2) is 10.4 Å². The topological polar surface area (TPSA) is 48.4 Å². The van der Waals surface area contributed by atoms with Gasteiger partial charge in [-0.3, -0.25) is 5.21 Å². The molecule has 0 radical (unpaired) electrons. The molecular weight excluding hydrogens is 142 g/mol. The SMILES string of the molecule is Cc1ccnc2c1CNN2O. The molecule has 1 aliphatic rings. The summed E-state index contributed by atoms with van der Waals surface area (Å²) in [7, 11) is 0. The zero-order valence-electron chi connectivity index (χ0n) is 6.20. The normalized spacial score (nSPS) is 15.3. The molecule has 2 rings (SSSR count). The second kappa shape index (κ2) is 2.18. The van der Waals surface area contributed by atoms with Crippen LogP contribution in [-0.4, -0.2) is 10.2 Å². The first-order valence-electron chi connectivity index (χ1n) is 3.46. The lowest BCUT2D eigenvalue weighted by Gasteiger charge is -2.06. The van der Waals surface area contributed by atoms with Crippen LogP contribution in [0.3, 0.4) is 0 Å². The molecule has 4 nitrogen and oxygen atoms in total. The van der Waals surface area contributed by atoms with Crippen molar-refractivity contribution in [2.45, 2.75) is 13.5 Å². The van der Waals surface area contributed by atoms with Gasteiger partial charge in [-0.15, -0.1) is 0 Å². The van der Waals surface area contributed by atoms with Gasteiger partial charge in [0.2, 0.25) is 0 Å². The molecule has 2 N–H and O–H groups in total. The van der Waals surface area contributed by atoms with E-state index in [1.165, 1.54) is 0 Å². The molecule has 0 saturated carbocycles. The Morgan fingerprint density at radius 3 is 3.27 bits per heavy atom. The minimum atomic E-state index is 0.616. The van der Waals surface area contributed by atoms with Crippen LogP contribution < -0.4 is 10.6 Å². The summed E-state index contributed by atoms with van der Waals surface area (Å²) in [6, 6.07) is 1.93. The van der Waals surface area contributed by atoms with E-state index in [-0.39, 0.29) is 0 Å². The molecule has 0 spiro atoms. The maximum Gasteiger partial charge on any atom is 0.175 e. The van der Waals surface area contributed by atoms with E-state index in [4.69, 9.17) is 5.21 Å². The largest absolute Gasteiger partial charge is 0.272 e. The van der Waals surface area contributed by atoms with E-state index in [0.717, 1.165) is 16.3 Å². The third-order valence-corrected chi connectivity index (χ3v) is 1.87. The van der Waals surface area contributed by atoms with Crippen LogP contribution in [0.5, 0.6) is 0 Å². The Morgan fingerprint density at radius 1 is 1.73 bits per heavy atom. The monoisotopic (exact) mass is 151 g/mol. The number of hydrogen-bond acceptors (Lipinski definition) is 4. The molecule has 1 aromatic heterocycles. The molecule has 0 fully saturated rings. The lowest BCUT2D eigenvalue weighted by Crippen LogP contribution is -2.27. The molecule has 0 aromatic carbocycles. The average molecular weight is 151 g/mol. The van der Waals surface area contributed by atoms with Crippen molar-refractivity contribution < 1.29 is 5.21 Å². The molecule has 0 bridgehead atoms. The molecule has 4 heteroatoms. The van der Waals surface area contributed by atoms with Gasteiger partial charge in [-0.1, -0.05) is 0 Å². The third-order valence-electron chi connectivity index (χ3n) is 1.87. The van der Waals surface area contributed by atoms with E-state index in [1.54, 1.807) is 6.20 Å². The van der Waals surface area contributed by atoms with Crippen LogP contribution in [-0.2, 0) is 6.54 Å². The van der Waals surface area contributed by atoms with Crippen LogP contribution in [0.2, 0.25) is 0 Å². The van der Waals surface area contributed by atoms with E-state index in [0.29, 0.717) is 12.4 Å². The number of aromatic nitrogens is 1. The van der Waals surface area contributed by atoms with E-state index < -0.39 is 0 Å². The summed E-state index contributed by atoms with van der Waals surface area (Å²) < 4.78 is 0. The maximum absolute atomic E-state index is 9.17. The van der Waals surface area contributed by atoms with Crippen LogP contribution in [0.1, 0.15) is 11.1 Å². The lowest BCUT2D eigenvalue weighted by atomic mass is 10.1. The van der Waals surface area contributed by atoms with Gasteiger partial charge < -0.3 is 0 Å². The molecule has 0 aliphatic carbocycles. The van der Waals surface area contributed by atoms with E-state index in [2.05, 4.69) is 10.4 Å². The van der Waals surface area contributed by atoms with Crippen molar-refractivity contribution in [2.24, 2.45) is 0 Å². The summed E-state index contributed by atoms with van der Waals surface area (Å²) in [5, 5.41) is 10.1. The number of nitrogens with zero attached hydrogens (tertiary/aromatic N) is 2. The van der Waals surface area contributed by atoms with Crippen molar-refractivity contribution >= 4 is 5.82 Å². The number of pyridine rings is 1. The summed E-state index contributed by atoms with van der Waals surface area (Å²) in [6.45, 7) is 2.66. The molecule has 0 unspecified atom stereocenters. The van der Waals surface area contributed by atoms with Gasteiger partial charge >= 0.3 is 0 Å². The standard InChI is InChI=1S/C7H9N3O/c1-5-2-3-8-7-6(5)4-9-10(7)11/h2-3,9,11H,4H2,1H3. The Morgan fingerprint density at radius 2 is 2.55 bits per heavy atom. The molecule has 0 atom stereocenters. The van der Waals surface area contributed by atoms with Crippen molar-refractivity contribution in [2.75, 3.05) is 5.17 Å². The average Bonchev–Trinajstić information content (AvgIpc) is 2.35. The van der Waals surface area contributed by atoms with Crippen molar-refractivity contribution in [3.05, 3.63) is 23.4 Å². The minimum Gasteiger partial charge on any atom is -0.272 e. The van der Waals surface area contributed by atoms with Gasteiger partial charge in [0.15, 0.2) is 5.82 Å². The molecule has 1 aromatic rings. The smallest absolute Gasteiger partial charge is 0.175 e. The number of anilines is 1. The Hall–Kier alpha value is -1.13. The molecular formula is C7H9N3O. The number of rotatable bonds is 0.